The summed E-state index contributed by atoms with van der Waals surface area (Å²) in [6, 6.07) is 0.898. The summed E-state index contributed by atoms with van der Waals surface area (Å²) >= 11 is 0. The molecule has 4 N–H and O–H groups in total. The highest BCUT2D eigenvalue weighted by Gasteiger charge is 2.23. The Labute approximate surface area is 95.5 Å². The quantitative estimate of drug-likeness (QED) is 0.668. The van der Waals surface area contributed by atoms with E-state index >= 15 is 0 Å². The first kappa shape index (κ1) is 12.9. The minimum atomic E-state index is -1.40. The third-order valence-corrected chi connectivity index (χ3v) is 2.35. The molecule has 1 heterocycles. The fraction of sp³-hybridized carbons (Fsp3) is 0.300. The zero-order valence-electron chi connectivity index (χ0n) is 8.91. The number of aromatic carboxylic acids is 1. The molecule has 0 amide bonds. The van der Waals surface area contributed by atoms with Crippen LogP contribution in [0, 0.1) is 0 Å². The van der Waals surface area contributed by atoms with E-state index in [1.807, 2.05) is 0 Å². The van der Waals surface area contributed by atoms with Gasteiger partial charge in [-0.05, 0) is 11.6 Å². The van der Waals surface area contributed by atoms with Gasteiger partial charge >= 0.3 is 17.6 Å². The summed E-state index contributed by atoms with van der Waals surface area (Å²) in [6.07, 6.45) is 0. The second-order valence-corrected chi connectivity index (χ2v) is 3.53. The van der Waals surface area contributed by atoms with Gasteiger partial charge in [0.1, 0.15) is 6.04 Å². The average molecular weight is 241 g/mol. The lowest BCUT2D eigenvalue weighted by Crippen LogP contribution is -2.35. The van der Waals surface area contributed by atoms with E-state index in [9.17, 15) is 14.4 Å². The van der Waals surface area contributed by atoms with Crippen LogP contribution in [0.5, 0.6) is 0 Å². The van der Waals surface area contributed by atoms with Crippen LogP contribution in [0.15, 0.2) is 21.3 Å². The van der Waals surface area contributed by atoms with Gasteiger partial charge in [-0.3, -0.25) is 4.79 Å². The van der Waals surface area contributed by atoms with Crippen molar-refractivity contribution in [3.05, 3.63) is 33.9 Å². The van der Waals surface area contributed by atoms with Crippen LogP contribution in [0.2, 0.25) is 0 Å². The first-order chi connectivity index (χ1) is 7.82. The molecule has 17 heavy (non-hydrogen) atoms. The zero-order chi connectivity index (χ0) is 13.2. The lowest BCUT2D eigenvalue weighted by molar-refractivity contribution is -0.139. The number of rotatable bonds is 4. The molecule has 0 saturated heterocycles. The molecule has 0 aliphatic heterocycles. The van der Waals surface area contributed by atoms with Crippen molar-refractivity contribution in [2.75, 3.05) is 0 Å². The summed E-state index contributed by atoms with van der Waals surface area (Å²) in [4.78, 5) is 32.4. The molecule has 2 unspecified atom stereocenters. The van der Waals surface area contributed by atoms with Gasteiger partial charge in [0, 0.05) is 12.0 Å². The monoisotopic (exact) mass is 241 g/mol. The molecule has 0 aromatic carbocycles. The summed E-state index contributed by atoms with van der Waals surface area (Å²) < 4.78 is 4.43. The van der Waals surface area contributed by atoms with Gasteiger partial charge in [-0.25, -0.2) is 9.59 Å². The summed E-state index contributed by atoms with van der Waals surface area (Å²) in [5.74, 6) is -3.88. The molecule has 0 radical (unpaired) electrons. The van der Waals surface area contributed by atoms with Crippen LogP contribution < -0.4 is 11.4 Å². The van der Waals surface area contributed by atoms with Gasteiger partial charge in [-0.15, -0.1) is 0 Å². The van der Waals surface area contributed by atoms with E-state index in [2.05, 4.69) is 4.42 Å². The SMILES string of the molecule is CC(c1cc(C(=O)O)oc(=O)c1)C(N)C(=O)O. The molecule has 0 bridgehead atoms. The standard InChI is InChI=1S/C10H11NO6/c1-4(8(11)10(15)16)5-2-6(9(13)14)17-7(12)3-5/h2-4,8H,11H2,1H3,(H,13,14)(H,15,16). The third-order valence-electron chi connectivity index (χ3n) is 2.35. The lowest BCUT2D eigenvalue weighted by atomic mass is 9.94. The molecule has 1 aromatic rings. The van der Waals surface area contributed by atoms with Crippen molar-refractivity contribution in [3.8, 4) is 0 Å². The Morgan fingerprint density at radius 2 is 1.94 bits per heavy atom. The molecular weight excluding hydrogens is 230 g/mol. The number of carbonyl (C=O) groups is 2. The normalized spacial score (nSPS) is 14.0. The van der Waals surface area contributed by atoms with Crippen molar-refractivity contribution < 1.29 is 24.2 Å². The molecule has 0 spiro atoms. The number of hydrogen-bond donors (Lipinski definition) is 3. The second kappa shape index (κ2) is 4.79. The van der Waals surface area contributed by atoms with E-state index in [0.29, 0.717) is 0 Å². The fourth-order valence-electron chi connectivity index (χ4n) is 1.29. The second-order valence-electron chi connectivity index (χ2n) is 3.53. The van der Waals surface area contributed by atoms with E-state index in [4.69, 9.17) is 15.9 Å². The van der Waals surface area contributed by atoms with Crippen LogP contribution in [0.1, 0.15) is 29.0 Å². The maximum atomic E-state index is 11.1. The Morgan fingerprint density at radius 3 is 2.41 bits per heavy atom. The van der Waals surface area contributed by atoms with Gasteiger partial charge in [0.2, 0.25) is 5.76 Å². The van der Waals surface area contributed by atoms with E-state index in [1.54, 1.807) is 0 Å². The van der Waals surface area contributed by atoms with Crippen molar-refractivity contribution in [2.24, 2.45) is 5.73 Å². The lowest BCUT2D eigenvalue weighted by Gasteiger charge is -2.15. The van der Waals surface area contributed by atoms with Gasteiger partial charge in [-0.1, -0.05) is 6.92 Å². The molecule has 7 nitrogen and oxygen atoms in total. The Bertz CT molecular complexity index is 506. The smallest absolute Gasteiger partial charge is 0.371 e. The highest BCUT2D eigenvalue weighted by atomic mass is 16.4. The molecular formula is C10H11NO6. The highest BCUT2D eigenvalue weighted by molar-refractivity contribution is 5.84. The molecule has 0 aliphatic carbocycles. The van der Waals surface area contributed by atoms with Crippen LogP contribution in [0.25, 0.3) is 0 Å². The number of hydrogen-bond acceptors (Lipinski definition) is 5. The van der Waals surface area contributed by atoms with E-state index in [-0.39, 0.29) is 5.56 Å². The number of carboxylic acids is 2. The summed E-state index contributed by atoms with van der Waals surface area (Å²) in [7, 11) is 0. The minimum absolute atomic E-state index is 0.216. The van der Waals surface area contributed by atoms with Crippen molar-refractivity contribution in [1.29, 1.82) is 0 Å². The number of nitrogens with two attached hydrogens (primary N) is 1. The van der Waals surface area contributed by atoms with E-state index in [0.717, 1.165) is 12.1 Å². The van der Waals surface area contributed by atoms with Crippen LogP contribution in [-0.2, 0) is 4.79 Å². The van der Waals surface area contributed by atoms with Crippen LogP contribution in [0.4, 0.5) is 0 Å². The van der Waals surface area contributed by atoms with E-state index < -0.39 is 35.3 Å². The minimum Gasteiger partial charge on any atom is -0.480 e. The first-order valence-electron chi connectivity index (χ1n) is 4.69. The first-order valence-corrected chi connectivity index (χ1v) is 4.69. The van der Waals surface area contributed by atoms with Gasteiger partial charge < -0.3 is 20.4 Å². The summed E-state index contributed by atoms with van der Waals surface area (Å²) in [5.41, 5.74) is 4.75. The van der Waals surface area contributed by atoms with Crippen LogP contribution in [0.3, 0.4) is 0 Å². The van der Waals surface area contributed by atoms with Crippen molar-refractivity contribution in [3.63, 3.8) is 0 Å². The van der Waals surface area contributed by atoms with Crippen LogP contribution >= 0.6 is 0 Å². The topological polar surface area (TPSA) is 131 Å². The highest BCUT2D eigenvalue weighted by Crippen LogP contribution is 2.18. The molecule has 7 heteroatoms. The largest absolute Gasteiger partial charge is 0.480 e. The molecule has 2 atom stereocenters. The zero-order valence-corrected chi connectivity index (χ0v) is 8.91. The summed E-state index contributed by atoms with van der Waals surface area (Å²) in [6.45, 7) is 1.49. The molecule has 0 aliphatic rings. The van der Waals surface area contributed by atoms with Crippen LogP contribution in [-0.4, -0.2) is 28.2 Å². The maximum absolute atomic E-state index is 11.1. The molecule has 1 aromatic heterocycles. The van der Waals surface area contributed by atoms with Crippen molar-refractivity contribution in [2.45, 2.75) is 18.9 Å². The third kappa shape index (κ3) is 2.91. The fourth-order valence-corrected chi connectivity index (χ4v) is 1.29. The Balaban J connectivity index is 3.18. The predicted octanol–water partition coefficient (Wildman–Crippen LogP) is -0.147. The number of carboxylic acid groups (broad SMARTS) is 2. The van der Waals surface area contributed by atoms with Gasteiger partial charge in [0.25, 0.3) is 0 Å². The molecule has 0 fully saturated rings. The Morgan fingerprint density at radius 1 is 1.35 bits per heavy atom. The van der Waals surface area contributed by atoms with E-state index in [1.165, 1.54) is 6.92 Å². The van der Waals surface area contributed by atoms with Gasteiger partial charge in [-0.2, -0.15) is 0 Å². The predicted molar refractivity (Wildman–Crippen MR) is 56.0 cm³/mol. The molecule has 92 valence electrons. The Hall–Kier alpha value is -2.15. The van der Waals surface area contributed by atoms with Gasteiger partial charge in [0.15, 0.2) is 0 Å². The maximum Gasteiger partial charge on any atom is 0.371 e. The average Bonchev–Trinajstić information content (AvgIpc) is 2.25. The molecule has 1 rings (SSSR count). The summed E-state index contributed by atoms with van der Waals surface area (Å²) in [5, 5.41) is 17.4. The molecule has 0 saturated carbocycles. The Kier molecular flexibility index (Phi) is 3.64. The van der Waals surface area contributed by atoms with Gasteiger partial charge in [0.05, 0.1) is 0 Å². The van der Waals surface area contributed by atoms with Crippen molar-refractivity contribution in [1.82, 2.24) is 0 Å². The van der Waals surface area contributed by atoms with Crippen molar-refractivity contribution >= 4 is 11.9 Å². The number of aliphatic carboxylic acids is 1.